The van der Waals surface area contributed by atoms with E-state index in [4.69, 9.17) is 16.7 Å². The fourth-order valence-corrected chi connectivity index (χ4v) is 2.57. The summed E-state index contributed by atoms with van der Waals surface area (Å²) in [5.74, 6) is 0.238. The maximum absolute atomic E-state index is 9.05. The number of nitrogens with one attached hydrogen (secondary N) is 1. The number of aliphatic hydroxyl groups is 1. The fourth-order valence-electron chi connectivity index (χ4n) is 2.27. The van der Waals surface area contributed by atoms with Crippen LogP contribution >= 0.6 is 11.6 Å². The maximum atomic E-state index is 9.05. The molecule has 1 aromatic carbocycles. The van der Waals surface area contributed by atoms with Gasteiger partial charge in [-0.15, -0.1) is 0 Å². The van der Waals surface area contributed by atoms with E-state index in [9.17, 15) is 0 Å². The predicted octanol–water partition coefficient (Wildman–Crippen LogP) is 2.92. The molecule has 0 aliphatic carbocycles. The van der Waals surface area contributed by atoms with Crippen molar-refractivity contribution in [1.82, 2.24) is 15.1 Å². The van der Waals surface area contributed by atoms with Gasteiger partial charge >= 0.3 is 0 Å². The summed E-state index contributed by atoms with van der Waals surface area (Å²) >= 11 is 6.47. The molecule has 1 unspecified atom stereocenters. The van der Waals surface area contributed by atoms with E-state index in [0.29, 0.717) is 18.2 Å². The molecule has 0 fully saturated rings. The minimum absolute atomic E-state index is 0.187. The van der Waals surface area contributed by atoms with Gasteiger partial charge in [0.15, 0.2) is 0 Å². The summed E-state index contributed by atoms with van der Waals surface area (Å²) in [6.45, 7) is 8.34. The molecular weight excluding hydrogens is 298 g/mol. The lowest BCUT2D eigenvalue weighted by Crippen LogP contribution is -2.23. The van der Waals surface area contributed by atoms with E-state index in [-0.39, 0.29) is 12.5 Å². The molecule has 0 spiro atoms. The number of hydrogen-bond donors (Lipinski definition) is 2. The Bertz CT molecular complexity index is 607. The van der Waals surface area contributed by atoms with Gasteiger partial charge in [0.2, 0.25) is 0 Å². The van der Waals surface area contributed by atoms with Crippen LogP contribution in [0.3, 0.4) is 0 Å². The molecule has 0 saturated carbocycles. The molecular formula is C17H24ClN3O. The maximum Gasteiger partial charge on any atom is 0.132 e. The molecule has 2 aromatic rings. The van der Waals surface area contributed by atoms with Gasteiger partial charge in [-0.3, -0.25) is 0 Å². The number of aliphatic hydroxyl groups excluding tert-OH is 1. The molecule has 22 heavy (non-hydrogen) atoms. The largest absolute Gasteiger partial charge is 0.396 e. The van der Waals surface area contributed by atoms with Crippen LogP contribution < -0.4 is 5.32 Å². The average Bonchev–Trinajstić information content (AvgIpc) is 2.76. The van der Waals surface area contributed by atoms with E-state index in [1.165, 1.54) is 11.1 Å². The second kappa shape index (κ2) is 7.77. The van der Waals surface area contributed by atoms with Crippen LogP contribution in [0.5, 0.6) is 0 Å². The fraction of sp³-hybridized carbons (Fsp3) is 0.471. The van der Waals surface area contributed by atoms with Gasteiger partial charge in [0.1, 0.15) is 5.15 Å². The highest BCUT2D eigenvalue weighted by atomic mass is 35.5. The Morgan fingerprint density at radius 3 is 2.59 bits per heavy atom. The molecule has 0 bridgehead atoms. The minimum Gasteiger partial charge on any atom is -0.396 e. The van der Waals surface area contributed by atoms with Crippen molar-refractivity contribution in [3.63, 3.8) is 0 Å². The van der Waals surface area contributed by atoms with Crippen molar-refractivity contribution in [3.8, 4) is 0 Å². The lowest BCUT2D eigenvalue weighted by atomic mass is 10.1. The zero-order valence-corrected chi connectivity index (χ0v) is 14.2. The van der Waals surface area contributed by atoms with Crippen molar-refractivity contribution in [1.29, 1.82) is 0 Å². The summed E-state index contributed by atoms with van der Waals surface area (Å²) in [5.41, 5.74) is 4.40. The Balaban J connectivity index is 2.04. The normalized spacial score (nSPS) is 12.6. The Kier molecular flexibility index (Phi) is 6.00. The molecule has 5 heteroatoms. The molecule has 4 nitrogen and oxygen atoms in total. The highest BCUT2D eigenvalue weighted by molar-refractivity contribution is 6.30. The Morgan fingerprint density at radius 1 is 1.27 bits per heavy atom. The van der Waals surface area contributed by atoms with Crippen LogP contribution in [-0.2, 0) is 13.1 Å². The van der Waals surface area contributed by atoms with Crippen molar-refractivity contribution in [2.45, 2.75) is 33.9 Å². The monoisotopic (exact) mass is 321 g/mol. The molecule has 1 aromatic heterocycles. The number of halogens is 1. The number of nitrogens with zero attached hydrogens (tertiary/aromatic N) is 2. The number of aryl methyl sites for hydroxylation is 2. The molecule has 0 aliphatic heterocycles. The standard InChI is InChI=1S/C17H24ClN3O/c1-12-4-6-15(7-5-12)10-21-17(18)16(14(3)20-21)9-19-8-13(2)11-22/h4-7,13,19,22H,8-11H2,1-3H3. The summed E-state index contributed by atoms with van der Waals surface area (Å²) in [5, 5.41) is 17.6. The van der Waals surface area contributed by atoms with Crippen LogP contribution in [0.2, 0.25) is 5.15 Å². The quantitative estimate of drug-likeness (QED) is 0.824. The molecule has 0 radical (unpaired) electrons. The lowest BCUT2D eigenvalue weighted by Gasteiger charge is -2.09. The highest BCUT2D eigenvalue weighted by Gasteiger charge is 2.13. The van der Waals surface area contributed by atoms with Crippen LogP contribution in [-0.4, -0.2) is 28.0 Å². The first-order chi connectivity index (χ1) is 10.5. The third kappa shape index (κ3) is 4.32. The van der Waals surface area contributed by atoms with Gasteiger partial charge in [-0.2, -0.15) is 5.10 Å². The Morgan fingerprint density at radius 2 is 1.95 bits per heavy atom. The van der Waals surface area contributed by atoms with Gasteiger partial charge in [0.25, 0.3) is 0 Å². The molecule has 1 atom stereocenters. The molecule has 0 amide bonds. The van der Waals surface area contributed by atoms with E-state index < -0.39 is 0 Å². The SMILES string of the molecule is Cc1ccc(Cn2nc(C)c(CNCC(C)CO)c2Cl)cc1. The third-order valence-corrected chi connectivity index (χ3v) is 4.17. The molecule has 0 aliphatic rings. The van der Waals surface area contributed by atoms with Gasteiger partial charge < -0.3 is 10.4 Å². The van der Waals surface area contributed by atoms with Crippen molar-refractivity contribution in [3.05, 3.63) is 51.8 Å². The summed E-state index contributed by atoms with van der Waals surface area (Å²) in [6, 6.07) is 8.39. The summed E-state index contributed by atoms with van der Waals surface area (Å²) < 4.78 is 1.84. The van der Waals surface area contributed by atoms with Gasteiger partial charge in [-0.25, -0.2) is 4.68 Å². The number of aromatic nitrogens is 2. The number of benzene rings is 1. The minimum atomic E-state index is 0.187. The number of rotatable bonds is 7. The Hall–Kier alpha value is -1.36. The van der Waals surface area contributed by atoms with E-state index in [0.717, 1.165) is 17.8 Å². The average molecular weight is 322 g/mol. The molecule has 2 rings (SSSR count). The van der Waals surface area contributed by atoms with Crippen molar-refractivity contribution < 1.29 is 5.11 Å². The van der Waals surface area contributed by atoms with E-state index in [2.05, 4.69) is 41.6 Å². The predicted molar refractivity (Wildman–Crippen MR) is 90.2 cm³/mol. The highest BCUT2D eigenvalue weighted by Crippen LogP contribution is 2.21. The van der Waals surface area contributed by atoms with Crippen LogP contribution in [0, 0.1) is 19.8 Å². The first-order valence-electron chi connectivity index (χ1n) is 7.60. The van der Waals surface area contributed by atoms with Gasteiger partial charge in [0, 0.05) is 25.3 Å². The zero-order chi connectivity index (χ0) is 16.1. The van der Waals surface area contributed by atoms with Crippen molar-refractivity contribution in [2.24, 2.45) is 5.92 Å². The first-order valence-corrected chi connectivity index (χ1v) is 7.98. The molecule has 2 N–H and O–H groups in total. The number of hydrogen-bond acceptors (Lipinski definition) is 3. The van der Waals surface area contributed by atoms with Crippen LogP contribution in [0.1, 0.15) is 29.3 Å². The summed E-state index contributed by atoms with van der Waals surface area (Å²) in [6.07, 6.45) is 0. The van der Waals surface area contributed by atoms with E-state index in [1.807, 2.05) is 18.5 Å². The summed E-state index contributed by atoms with van der Waals surface area (Å²) in [4.78, 5) is 0. The summed E-state index contributed by atoms with van der Waals surface area (Å²) in [7, 11) is 0. The first kappa shape index (κ1) is 17.0. The van der Waals surface area contributed by atoms with Crippen LogP contribution in [0.15, 0.2) is 24.3 Å². The van der Waals surface area contributed by atoms with Crippen molar-refractivity contribution >= 4 is 11.6 Å². The molecule has 0 saturated heterocycles. The molecule has 120 valence electrons. The van der Waals surface area contributed by atoms with E-state index >= 15 is 0 Å². The zero-order valence-electron chi connectivity index (χ0n) is 13.4. The van der Waals surface area contributed by atoms with Crippen LogP contribution in [0.25, 0.3) is 0 Å². The van der Waals surface area contributed by atoms with Gasteiger partial charge in [-0.1, -0.05) is 48.4 Å². The Labute approximate surface area is 137 Å². The van der Waals surface area contributed by atoms with Crippen LogP contribution in [0.4, 0.5) is 0 Å². The third-order valence-electron chi connectivity index (χ3n) is 3.74. The second-order valence-electron chi connectivity index (χ2n) is 5.92. The van der Waals surface area contributed by atoms with E-state index in [1.54, 1.807) is 0 Å². The topological polar surface area (TPSA) is 50.1 Å². The van der Waals surface area contributed by atoms with Gasteiger partial charge in [0.05, 0.1) is 12.2 Å². The lowest BCUT2D eigenvalue weighted by molar-refractivity contribution is 0.233. The van der Waals surface area contributed by atoms with Crippen molar-refractivity contribution in [2.75, 3.05) is 13.2 Å². The smallest absolute Gasteiger partial charge is 0.132 e. The second-order valence-corrected chi connectivity index (χ2v) is 6.27. The van der Waals surface area contributed by atoms with Gasteiger partial charge in [-0.05, 0) is 25.3 Å². The molecule has 1 heterocycles.